The van der Waals surface area contributed by atoms with Crippen molar-refractivity contribution in [1.29, 1.82) is 0 Å². The predicted octanol–water partition coefficient (Wildman–Crippen LogP) is 3.47. The number of hydrogen-bond donors (Lipinski definition) is 2. The van der Waals surface area contributed by atoms with Crippen LogP contribution in [0.25, 0.3) is 0 Å². The Bertz CT molecular complexity index is 726. The van der Waals surface area contributed by atoms with Gasteiger partial charge in [-0.1, -0.05) is 30.3 Å². The van der Waals surface area contributed by atoms with Crippen molar-refractivity contribution >= 4 is 17.6 Å². The summed E-state index contributed by atoms with van der Waals surface area (Å²) in [6.07, 6.45) is 3.66. The largest absolute Gasteiger partial charge is 0.507 e. The third-order valence-electron chi connectivity index (χ3n) is 3.00. The number of para-hydroxylation sites is 3. The Balaban J connectivity index is 2.19. The fourth-order valence-corrected chi connectivity index (χ4v) is 1.93. The predicted molar refractivity (Wildman–Crippen MR) is 86.3 cm³/mol. The molecule has 6 nitrogen and oxygen atoms in total. The van der Waals surface area contributed by atoms with Crippen LogP contribution in [0.15, 0.2) is 60.2 Å². The van der Waals surface area contributed by atoms with Crippen molar-refractivity contribution in [1.82, 2.24) is 0 Å². The summed E-state index contributed by atoms with van der Waals surface area (Å²) < 4.78 is 0. The van der Waals surface area contributed by atoms with E-state index in [2.05, 4.69) is 17.1 Å². The molecule has 0 amide bonds. The van der Waals surface area contributed by atoms with Crippen LogP contribution in [0.3, 0.4) is 0 Å². The van der Waals surface area contributed by atoms with E-state index in [0.29, 0.717) is 12.0 Å². The lowest BCUT2D eigenvalue weighted by Gasteiger charge is -2.05. The Morgan fingerprint density at radius 3 is 2.77 bits per heavy atom. The van der Waals surface area contributed by atoms with Crippen LogP contribution in [-0.4, -0.2) is 16.2 Å². The third kappa shape index (κ3) is 3.49. The van der Waals surface area contributed by atoms with E-state index in [1.165, 1.54) is 12.3 Å². The first kappa shape index (κ1) is 15.2. The first-order valence-electron chi connectivity index (χ1n) is 6.57. The molecule has 2 aromatic rings. The molecule has 0 saturated carbocycles. The van der Waals surface area contributed by atoms with Crippen molar-refractivity contribution in [2.24, 2.45) is 5.10 Å². The molecule has 0 saturated heterocycles. The van der Waals surface area contributed by atoms with Crippen LogP contribution in [-0.2, 0) is 6.42 Å². The maximum atomic E-state index is 10.9. The molecule has 0 atom stereocenters. The minimum Gasteiger partial charge on any atom is -0.507 e. The number of allylic oxidation sites excluding steroid dienone is 1. The van der Waals surface area contributed by atoms with Crippen LogP contribution in [0.1, 0.15) is 11.1 Å². The number of aromatic hydroxyl groups is 1. The van der Waals surface area contributed by atoms with Crippen molar-refractivity contribution in [2.75, 3.05) is 5.43 Å². The maximum absolute atomic E-state index is 10.9. The molecule has 2 N–H and O–H groups in total. The zero-order valence-electron chi connectivity index (χ0n) is 11.8. The van der Waals surface area contributed by atoms with Crippen LogP contribution in [0.4, 0.5) is 11.4 Å². The zero-order valence-corrected chi connectivity index (χ0v) is 11.8. The molecule has 0 aromatic heterocycles. The molecule has 6 heteroatoms. The molecule has 0 unspecified atom stereocenters. The van der Waals surface area contributed by atoms with Gasteiger partial charge in [0.15, 0.2) is 0 Å². The summed E-state index contributed by atoms with van der Waals surface area (Å²) >= 11 is 0. The van der Waals surface area contributed by atoms with E-state index in [1.807, 2.05) is 0 Å². The summed E-state index contributed by atoms with van der Waals surface area (Å²) in [4.78, 5) is 10.4. The fraction of sp³-hybridized carbons (Fsp3) is 0.0625. The van der Waals surface area contributed by atoms with Crippen molar-refractivity contribution in [3.05, 3.63) is 76.4 Å². The third-order valence-corrected chi connectivity index (χ3v) is 3.00. The van der Waals surface area contributed by atoms with Gasteiger partial charge in [0.25, 0.3) is 5.69 Å². The van der Waals surface area contributed by atoms with E-state index in [4.69, 9.17) is 0 Å². The van der Waals surface area contributed by atoms with Gasteiger partial charge in [0, 0.05) is 11.6 Å². The van der Waals surface area contributed by atoms with Gasteiger partial charge in [0.2, 0.25) is 0 Å². The van der Waals surface area contributed by atoms with Gasteiger partial charge < -0.3 is 5.11 Å². The van der Waals surface area contributed by atoms with E-state index >= 15 is 0 Å². The molecule has 2 rings (SSSR count). The molecule has 0 spiro atoms. The number of hydrazone groups is 1. The van der Waals surface area contributed by atoms with Gasteiger partial charge in [-0.3, -0.25) is 15.5 Å². The van der Waals surface area contributed by atoms with E-state index in [0.717, 1.165) is 5.56 Å². The van der Waals surface area contributed by atoms with Crippen LogP contribution in [0, 0.1) is 10.1 Å². The Hall–Kier alpha value is -3.15. The molecule has 0 radical (unpaired) electrons. The topological polar surface area (TPSA) is 87.8 Å². The number of phenols is 1. The highest BCUT2D eigenvalue weighted by atomic mass is 16.6. The number of nitrogens with zero attached hydrogens (tertiary/aromatic N) is 2. The average molecular weight is 297 g/mol. The van der Waals surface area contributed by atoms with Crippen LogP contribution in [0.2, 0.25) is 0 Å². The molecule has 22 heavy (non-hydrogen) atoms. The highest BCUT2D eigenvalue weighted by Crippen LogP contribution is 2.24. The average Bonchev–Trinajstić information content (AvgIpc) is 2.51. The number of hydrogen-bond acceptors (Lipinski definition) is 5. The summed E-state index contributed by atoms with van der Waals surface area (Å²) in [6, 6.07) is 11.5. The van der Waals surface area contributed by atoms with Crippen LogP contribution in [0.5, 0.6) is 5.75 Å². The highest BCUT2D eigenvalue weighted by molar-refractivity contribution is 5.84. The minimum atomic E-state index is -0.486. The van der Waals surface area contributed by atoms with E-state index in [1.54, 1.807) is 42.5 Å². The van der Waals surface area contributed by atoms with Crippen LogP contribution >= 0.6 is 0 Å². The number of nitro benzene ring substituents is 1. The molecule has 2 aromatic carbocycles. The van der Waals surface area contributed by atoms with Crippen molar-refractivity contribution in [3.63, 3.8) is 0 Å². The number of benzene rings is 2. The summed E-state index contributed by atoms with van der Waals surface area (Å²) in [5.41, 5.74) is 4.09. The van der Waals surface area contributed by atoms with E-state index in [-0.39, 0.29) is 17.1 Å². The second kappa shape index (κ2) is 7.03. The smallest absolute Gasteiger partial charge is 0.294 e. The molecular weight excluding hydrogens is 282 g/mol. The first-order valence-corrected chi connectivity index (χ1v) is 6.57. The highest BCUT2D eigenvalue weighted by Gasteiger charge is 2.11. The fourth-order valence-electron chi connectivity index (χ4n) is 1.93. The van der Waals surface area contributed by atoms with Gasteiger partial charge >= 0.3 is 0 Å². The van der Waals surface area contributed by atoms with Gasteiger partial charge in [-0.05, 0) is 24.1 Å². The Labute approximate surface area is 127 Å². The second-order valence-electron chi connectivity index (χ2n) is 4.49. The number of anilines is 1. The van der Waals surface area contributed by atoms with Crippen molar-refractivity contribution < 1.29 is 10.0 Å². The Morgan fingerprint density at radius 1 is 1.27 bits per heavy atom. The summed E-state index contributed by atoms with van der Waals surface area (Å²) in [5, 5.41) is 24.9. The normalized spacial score (nSPS) is 10.5. The lowest BCUT2D eigenvalue weighted by Crippen LogP contribution is -1.97. The van der Waals surface area contributed by atoms with Gasteiger partial charge in [0.1, 0.15) is 11.4 Å². The van der Waals surface area contributed by atoms with Gasteiger partial charge in [0.05, 0.1) is 11.1 Å². The molecule has 0 heterocycles. The molecule has 0 fully saturated rings. The Morgan fingerprint density at radius 2 is 2.05 bits per heavy atom. The number of rotatable bonds is 6. The molecule has 0 aliphatic carbocycles. The number of phenolic OH excluding ortho intramolecular Hbond substituents is 1. The van der Waals surface area contributed by atoms with E-state index < -0.39 is 4.92 Å². The maximum Gasteiger partial charge on any atom is 0.294 e. The van der Waals surface area contributed by atoms with Gasteiger partial charge in [-0.25, -0.2) is 0 Å². The summed E-state index contributed by atoms with van der Waals surface area (Å²) in [6.45, 7) is 3.63. The summed E-state index contributed by atoms with van der Waals surface area (Å²) in [5.74, 6) is 0.121. The minimum absolute atomic E-state index is 0.0655. The molecule has 112 valence electrons. The van der Waals surface area contributed by atoms with E-state index in [9.17, 15) is 15.2 Å². The second-order valence-corrected chi connectivity index (χ2v) is 4.49. The first-order chi connectivity index (χ1) is 10.6. The quantitative estimate of drug-likeness (QED) is 0.370. The molecule has 0 bridgehead atoms. The molecule has 0 aliphatic rings. The lowest BCUT2D eigenvalue weighted by molar-refractivity contribution is -0.384. The van der Waals surface area contributed by atoms with Gasteiger partial charge in [-0.15, -0.1) is 6.58 Å². The van der Waals surface area contributed by atoms with Crippen molar-refractivity contribution in [3.8, 4) is 5.75 Å². The number of nitro groups is 1. The van der Waals surface area contributed by atoms with Crippen LogP contribution < -0.4 is 5.43 Å². The van der Waals surface area contributed by atoms with Crippen molar-refractivity contribution in [2.45, 2.75) is 6.42 Å². The van der Waals surface area contributed by atoms with Gasteiger partial charge in [-0.2, -0.15) is 5.10 Å². The molecule has 0 aliphatic heterocycles. The monoisotopic (exact) mass is 297 g/mol. The summed E-state index contributed by atoms with van der Waals surface area (Å²) in [7, 11) is 0. The standard InChI is InChI=1S/C16H15N3O3/c1-2-6-12-7-5-8-13(16(12)20)11-17-18-14-9-3-4-10-15(14)19(21)22/h2-5,7-11,18,20H,1,6H2/b17-11+. The zero-order chi connectivity index (χ0) is 15.9. The Kier molecular flexibility index (Phi) is 4.87. The number of nitrogens with one attached hydrogen (secondary N) is 1. The molecular formula is C16H15N3O3. The lowest BCUT2D eigenvalue weighted by atomic mass is 10.1. The SMILES string of the molecule is C=CCc1cccc(/C=N/Nc2ccccc2[N+](=O)[O-])c1O.